The van der Waals surface area contributed by atoms with Gasteiger partial charge in [0.15, 0.2) is 15.9 Å². The Balaban J connectivity index is 1.47. The molecule has 2 heterocycles. The van der Waals surface area contributed by atoms with E-state index in [1.165, 1.54) is 12.1 Å². The molecule has 0 aliphatic heterocycles. The van der Waals surface area contributed by atoms with Crippen LogP contribution in [0.3, 0.4) is 0 Å². The third kappa shape index (κ3) is 6.12. The van der Waals surface area contributed by atoms with Gasteiger partial charge in [0, 0.05) is 18.2 Å². The van der Waals surface area contributed by atoms with Gasteiger partial charge in [0.2, 0.25) is 5.82 Å². The third-order valence-electron chi connectivity index (χ3n) is 6.72. The highest BCUT2D eigenvalue weighted by Crippen LogP contribution is 2.32. The van der Waals surface area contributed by atoms with Crippen molar-refractivity contribution in [3.8, 4) is 11.5 Å². The van der Waals surface area contributed by atoms with Crippen LogP contribution >= 0.6 is 0 Å². The summed E-state index contributed by atoms with van der Waals surface area (Å²) in [7, 11) is -1.89. The van der Waals surface area contributed by atoms with Crippen molar-refractivity contribution < 1.29 is 17.9 Å². The van der Waals surface area contributed by atoms with Crippen LogP contribution in [0.5, 0.6) is 11.5 Å². The molecular weight excluding hydrogens is 544 g/mol. The van der Waals surface area contributed by atoms with Crippen molar-refractivity contribution in [2.24, 2.45) is 0 Å². The Labute approximate surface area is 237 Å². The van der Waals surface area contributed by atoms with Gasteiger partial charge < -0.3 is 9.47 Å². The van der Waals surface area contributed by atoms with Gasteiger partial charge >= 0.3 is 0 Å². The number of fused-ring (bicyclic) bond motifs is 1. The van der Waals surface area contributed by atoms with Crippen molar-refractivity contribution in [1.29, 1.82) is 0 Å². The number of unbranched alkanes of at least 4 members (excludes halogenated alkanes) is 1. The van der Waals surface area contributed by atoms with Crippen LogP contribution in [-0.4, -0.2) is 52.0 Å². The number of ether oxygens (including phenoxy) is 2. The highest BCUT2D eigenvalue weighted by molar-refractivity contribution is 7.90. The van der Waals surface area contributed by atoms with E-state index < -0.39 is 15.9 Å². The third-order valence-corrected chi connectivity index (χ3v) is 7.83. The van der Waals surface area contributed by atoms with Gasteiger partial charge in [0.25, 0.3) is 5.56 Å². The van der Waals surface area contributed by atoms with Gasteiger partial charge in [-0.2, -0.15) is 5.21 Å². The Morgan fingerprint density at radius 3 is 2.51 bits per heavy atom. The molecule has 2 aromatic heterocycles. The number of nitrogens with one attached hydrogen (secondary N) is 1. The molecule has 0 aliphatic carbocycles. The Kier molecular flexibility index (Phi) is 8.11. The average molecular weight is 575 g/mol. The summed E-state index contributed by atoms with van der Waals surface area (Å²) in [6, 6.07) is 19.3. The topological polar surface area (TPSA) is 142 Å². The number of aromatic amines is 1. The van der Waals surface area contributed by atoms with Gasteiger partial charge in [-0.25, -0.2) is 13.4 Å². The first-order valence-electron chi connectivity index (χ1n) is 13.1. The van der Waals surface area contributed by atoms with Crippen LogP contribution in [0.15, 0.2) is 76.4 Å². The number of benzene rings is 3. The molecule has 0 bridgehead atoms. The zero-order chi connectivity index (χ0) is 29.0. The number of hydrogen-bond acceptors (Lipinski definition) is 9. The molecule has 5 rings (SSSR count). The van der Waals surface area contributed by atoms with Crippen LogP contribution in [0.25, 0.3) is 10.9 Å². The first-order chi connectivity index (χ1) is 19.8. The van der Waals surface area contributed by atoms with E-state index in [2.05, 4.69) is 27.5 Å². The largest absolute Gasteiger partial charge is 0.496 e. The lowest BCUT2D eigenvalue weighted by molar-refractivity contribution is 0.230. The summed E-state index contributed by atoms with van der Waals surface area (Å²) in [5.74, 6) is 2.19. The maximum Gasteiger partial charge on any atom is 0.261 e. The molecule has 0 saturated carbocycles. The molecule has 0 fully saturated rings. The number of hydrogen-bond donors (Lipinski definition) is 1. The fourth-order valence-corrected chi connectivity index (χ4v) is 5.22. The number of para-hydroxylation sites is 1. The summed E-state index contributed by atoms with van der Waals surface area (Å²) in [5, 5.41) is 14.6. The minimum atomic E-state index is -3.48. The standard InChI is InChI=1S/C29H30N6O5S/c1-4-5-10-26-30-24-16-15-21(41(3,37)38)17-23(24)29(36)35(26)18-19-11-13-20(14-12-19)40-27(28-31-33-34-32-28)22-8-6-7-9-25(22)39-2/h6-9,11-17,27H,4-5,10,18H2,1-3H3,(H,31,32,33,34). The predicted octanol–water partition coefficient (Wildman–Crippen LogP) is 3.88. The van der Waals surface area contributed by atoms with E-state index in [4.69, 9.17) is 14.5 Å². The van der Waals surface area contributed by atoms with Gasteiger partial charge in [-0.15, -0.1) is 10.2 Å². The van der Waals surface area contributed by atoms with E-state index in [0.29, 0.717) is 35.1 Å². The second kappa shape index (κ2) is 11.9. The number of methoxy groups -OCH3 is 1. The molecule has 5 aromatic rings. The minimum absolute atomic E-state index is 0.0875. The number of aromatic nitrogens is 6. The number of aryl methyl sites for hydroxylation is 1. The first kappa shape index (κ1) is 28.0. The zero-order valence-corrected chi connectivity index (χ0v) is 23.8. The fraction of sp³-hybridized carbons (Fsp3) is 0.276. The van der Waals surface area contributed by atoms with Gasteiger partial charge in [0.05, 0.1) is 29.5 Å². The van der Waals surface area contributed by atoms with E-state index in [-0.39, 0.29) is 22.4 Å². The second-order valence-electron chi connectivity index (χ2n) is 9.63. The molecule has 0 spiro atoms. The second-order valence-corrected chi connectivity index (χ2v) is 11.6. The minimum Gasteiger partial charge on any atom is -0.496 e. The normalized spacial score (nSPS) is 12.4. The SMILES string of the molecule is CCCCc1nc2ccc(S(C)(=O)=O)cc2c(=O)n1Cc1ccc(OC(c2nn[nH]n2)c2ccccc2OC)cc1. The van der Waals surface area contributed by atoms with Gasteiger partial charge in [-0.1, -0.05) is 48.9 Å². The number of H-pyrrole nitrogens is 1. The zero-order valence-electron chi connectivity index (χ0n) is 22.9. The van der Waals surface area contributed by atoms with Gasteiger partial charge in [-0.3, -0.25) is 9.36 Å². The van der Waals surface area contributed by atoms with Crippen LogP contribution in [0, 0.1) is 0 Å². The number of tetrazole rings is 1. The quantitative estimate of drug-likeness (QED) is 0.249. The van der Waals surface area contributed by atoms with E-state index in [1.54, 1.807) is 17.7 Å². The maximum atomic E-state index is 13.6. The summed E-state index contributed by atoms with van der Waals surface area (Å²) in [6.07, 6.45) is 2.89. The fourth-order valence-electron chi connectivity index (χ4n) is 4.58. The van der Waals surface area contributed by atoms with Crippen LogP contribution in [0.4, 0.5) is 0 Å². The molecule has 1 unspecified atom stereocenters. The monoisotopic (exact) mass is 574 g/mol. The van der Waals surface area contributed by atoms with Crippen LogP contribution in [0.2, 0.25) is 0 Å². The highest BCUT2D eigenvalue weighted by Gasteiger charge is 2.24. The van der Waals surface area contributed by atoms with E-state index in [1.807, 2.05) is 48.5 Å². The lowest BCUT2D eigenvalue weighted by atomic mass is 10.1. The van der Waals surface area contributed by atoms with Crippen LogP contribution in [0.1, 0.15) is 48.6 Å². The van der Waals surface area contributed by atoms with E-state index in [9.17, 15) is 13.2 Å². The molecule has 12 heteroatoms. The summed E-state index contributed by atoms with van der Waals surface area (Å²) in [5.41, 5.74) is 1.80. The summed E-state index contributed by atoms with van der Waals surface area (Å²) >= 11 is 0. The van der Waals surface area contributed by atoms with Crippen molar-refractivity contribution in [2.45, 2.75) is 43.7 Å². The Bertz CT molecular complexity index is 1820. The Morgan fingerprint density at radius 1 is 1.05 bits per heavy atom. The molecule has 41 heavy (non-hydrogen) atoms. The van der Waals surface area contributed by atoms with Crippen molar-refractivity contribution >= 4 is 20.7 Å². The summed E-state index contributed by atoms with van der Waals surface area (Å²) < 4.78 is 37.7. The lowest BCUT2D eigenvalue weighted by Gasteiger charge is -2.19. The molecule has 0 aliphatic rings. The summed E-state index contributed by atoms with van der Waals surface area (Å²) in [4.78, 5) is 18.5. The average Bonchev–Trinajstić information content (AvgIpc) is 3.51. The number of sulfone groups is 1. The van der Waals surface area contributed by atoms with Crippen LogP contribution < -0.4 is 15.0 Å². The maximum absolute atomic E-state index is 13.6. The molecule has 3 aromatic carbocycles. The predicted molar refractivity (Wildman–Crippen MR) is 153 cm³/mol. The molecule has 0 saturated heterocycles. The lowest BCUT2D eigenvalue weighted by Crippen LogP contribution is -2.26. The van der Waals surface area contributed by atoms with Crippen molar-refractivity contribution in [2.75, 3.05) is 13.4 Å². The van der Waals surface area contributed by atoms with Gasteiger partial charge in [-0.05, 0) is 48.4 Å². The van der Waals surface area contributed by atoms with Crippen molar-refractivity contribution in [1.82, 2.24) is 30.2 Å². The van der Waals surface area contributed by atoms with Gasteiger partial charge in [0.1, 0.15) is 17.3 Å². The van der Waals surface area contributed by atoms with E-state index in [0.717, 1.165) is 30.2 Å². The number of nitrogens with zero attached hydrogens (tertiary/aromatic N) is 5. The smallest absolute Gasteiger partial charge is 0.261 e. The van der Waals surface area contributed by atoms with E-state index >= 15 is 0 Å². The Hall–Kier alpha value is -4.58. The van der Waals surface area contributed by atoms with Crippen molar-refractivity contribution in [3.05, 3.63) is 99.9 Å². The first-order valence-corrected chi connectivity index (χ1v) is 15.0. The Morgan fingerprint density at radius 2 is 1.83 bits per heavy atom. The molecule has 1 atom stereocenters. The molecule has 0 radical (unpaired) electrons. The number of rotatable bonds is 11. The van der Waals surface area contributed by atoms with Crippen molar-refractivity contribution in [3.63, 3.8) is 0 Å². The molecule has 11 nitrogen and oxygen atoms in total. The molecule has 212 valence electrons. The molecular formula is C29H30N6O5S. The summed E-state index contributed by atoms with van der Waals surface area (Å²) in [6.45, 7) is 2.35. The van der Waals surface area contributed by atoms with Crippen LogP contribution in [-0.2, 0) is 22.8 Å². The highest BCUT2D eigenvalue weighted by atomic mass is 32.2. The molecule has 1 N–H and O–H groups in total. The molecule has 0 amide bonds.